The Morgan fingerprint density at radius 3 is 1.88 bits per heavy atom. The SMILES string of the molecule is CCCCCCCCCCC(C)N([O-])C(O)O. The smallest absolute Gasteiger partial charge is 0.202 e. The number of nitrogens with zero attached hydrogens (tertiary/aromatic N) is 1. The topological polar surface area (TPSA) is 66.8 Å². The third kappa shape index (κ3) is 9.53. The zero-order chi connectivity index (χ0) is 13.1. The van der Waals surface area contributed by atoms with E-state index < -0.39 is 6.41 Å². The third-order valence-electron chi connectivity index (χ3n) is 3.14. The van der Waals surface area contributed by atoms with Crippen molar-refractivity contribution in [1.29, 1.82) is 0 Å². The van der Waals surface area contributed by atoms with Gasteiger partial charge in [0.1, 0.15) is 0 Å². The molecule has 0 aromatic heterocycles. The molecule has 4 heteroatoms. The first kappa shape index (κ1) is 16.8. The van der Waals surface area contributed by atoms with E-state index in [0.717, 1.165) is 19.3 Å². The molecule has 0 saturated carbocycles. The van der Waals surface area contributed by atoms with Crippen LogP contribution in [0.5, 0.6) is 0 Å². The third-order valence-corrected chi connectivity index (χ3v) is 3.14. The molecule has 104 valence electrons. The molecular weight excluding hydrogens is 218 g/mol. The van der Waals surface area contributed by atoms with Crippen molar-refractivity contribution >= 4 is 0 Å². The van der Waals surface area contributed by atoms with Gasteiger partial charge < -0.3 is 20.5 Å². The fraction of sp³-hybridized carbons (Fsp3) is 1.00. The monoisotopic (exact) mass is 246 g/mol. The lowest BCUT2D eigenvalue weighted by Crippen LogP contribution is -2.36. The van der Waals surface area contributed by atoms with Crippen LogP contribution in [0.4, 0.5) is 0 Å². The van der Waals surface area contributed by atoms with Crippen LogP contribution in [-0.4, -0.2) is 27.7 Å². The Bertz CT molecular complexity index is 165. The molecule has 0 bridgehead atoms. The van der Waals surface area contributed by atoms with Crippen LogP contribution in [0.15, 0.2) is 0 Å². The average molecular weight is 246 g/mol. The number of unbranched alkanes of at least 4 members (excludes halogenated alkanes) is 7. The highest BCUT2D eigenvalue weighted by Gasteiger charge is 2.08. The van der Waals surface area contributed by atoms with Crippen LogP contribution >= 0.6 is 0 Å². The summed E-state index contributed by atoms with van der Waals surface area (Å²) in [6.07, 6.45) is 8.72. The van der Waals surface area contributed by atoms with Crippen molar-refractivity contribution in [2.75, 3.05) is 0 Å². The van der Waals surface area contributed by atoms with E-state index in [4.69, 9.17) is 10.2 Å². The van der Waals surface area contributed by atoms with E-state index >= 15 is 0 Å². The minimum atomic E-state index is -1.88. The van der Waals surface area contributed by atoms with Gasteiger partial charge in [-0.15, -0.1) is 0 Å². The molecule has 17 heavy (non-hydrogen) atoms. The second kappa shape index (κ2) is 11.0. The number of hydrogen-bond donors (Lipinski definition) is 2. The van der Waals surface area contributed by atoms with Gasteiger partial charge in [0.15, 0.2) is 0 Å². The lowest BCUT2D eigenvalue weighted by Gasteiger charge is -2.35. The van der Waals surface area contributed by atoms with Gasteiger partial charge in [-0.25, -0.2) is 0 Å². The molecule has 2 N–H and O–H groups in total. The van der Waals surface area contributed by atoms with E-state index in [-0.39, 0.29) is 6.04 Å². The van der Waals surface area contributed by atoms with Gasteiger partial charge in [0, 0.05) is 0 Å². The summed E-state index contributed by atoms with van der Waals surface area (Å²) >= 11 is 0. The fourth-order valence-corrected chi connectivity index (χ4v) is 1.93. The van der Waals surface area contributed by atoms with Gasteiger partial charge in [-0.3, -0.25) is 0 Å². The molecule has 0 fully saturated rings. The molecule has 0 aliphatic heterocycles. The maximum absolute atomic E-state index is 11.1. The van der Waals surface area contributed by atoms with Crippen molar-refractivity contribution in [2.24, 2.45) is 0 Å². The lowest BCUT2D eigenvalue weighted by atomic mass is 10.1. The first-order chi connectivity index (χ1) is 8.09. The molecule has 0 heterocycles. The van der Waals surface area contributed by atoms with Crippen molar-refractivity contribution in [3.8, 4) is 0 Å². The zero-order valence-corrected chi connectivity index (χ0v) is 11.3. The van der Waals surface area contributed by atoms with Gasteiger partial charge in [-0.1, -0.05) is 65.2 Å². The van der Waals surface area contributed by atoms with Gasteiger partial charge in [0.2, 0.25) is 6.41 Å². The van der Waals surface area contributed by atoms with Crippen LogP contribution in [0.3, 0.4) is 0 Å². The molecular formula is C13H28NO3-. The molecule has 0 rings (SSSR count). The van der Waals surface area contributed by atoms with Gasteiger partial charge >= 0.3 is 0 Å². The van der Waals surface area contributed by atoms with Crippen molar-refractivity contribution in [2.45, 2.75) is 84.1 Å². The maximum Gasteiger partial charge on any atom is 0.202 e. The zero-order valence-electron chi connectivity index (χ0n) is 11.3. The molecule has 0 spiro atoms. The standard InChI is InChI=1S/C13H28NO3/c1-3-4-5-6-7-8-9-10-11-12(2)14(17)13(15)16/h12-13,15-16H,3-11H2,1-2H3/q-1. The highest BCUT2D eigenvalue weighted by atomic mass is 16.6. The molecule has 1 atom stereocenters. The van der Waals surface area contributed by atoms with Crippen LogP contribution in [0.1, 0.15) is 71.6 Å². The van der Waals surface area contributed by atoms with Crippen LogP contribution in [-0.2, 0) is 0 Å². The van der Waals surface area contributed by atoms with E-state index in [2.05, 4.69) is 6.92 Å². The molecule has 0 aromatic rings. The number of aliphatic hydroxyl groups is 2. The Labute approximate surface area is 105 Å². The first-order valence-electron chi connectivity index (χ1n) is 6.91. The highest BCUT2D eigenvalue weighted by Crippen LogP contribution is 2.13. The number of hydroxylamine groups is 2. The molecule has 0 saturated heterocycles. The fourth-order valence-electron chi connectivity index (χ4n) is 1.93. The Morgan fingerprint density at radius 2 is 1.41 bits per heavy atom. The summed E-state index contributed by atoms with van der Waals surface area (Å²) < 4.78 is 0. The Balaban J connectivity index is 3.27. The maximum atomic E-state index is 11.1. The van der Waals surface area contributed by atoms with Gasteiger partial charge in [-0.2, -0.15) is 0 Å². The summed E-state index contributed by atoms with van der Waals surface area (Å²) in [4.78, 5) is 0. The van der Waals surface area contributed by atoms with E-state index in [1.807, 2.05) is 0 Å². The van der Waals surface area contributed by atoms with Gasteiger partial charge in [-0.05, 0) is 12.5 Å². The van der Waals surface area contributed by atoms with E-state index in [0.29, 0.717) is 5.06 Å². The summed E-state index contributed by atoms with van der Waals surface area (Å²) in [6.45, 7) is 3.94. The highest BCUT2D eigenvalue weighted by molar-refractivity contribution is 4.65. The van der Waals surface area contributed by atoms with Crippen LogP contribution in [0, 0.1) is 5.21 Å². The van der Waals surface area contributed by atoms with Crippen LogP contribution in [0.2, 0.25) is 0 Å². The normalized spacial score (nSPS) is 13.6. The summed E-state index contributed by atoms with van der Waals surface area (Å²) in [5.74, 6) is 0. The van der Waals surface area contributed by atoms with Crippen molar-refractivity contribution in [3.63, 3.8) is 0 Å². The molecule has 4 nitrogen and oxygen atoms in total. The van der Waals surface area contributed by atoms with E-state index in [1.165, 1.54) is 38.5 Å². The quantitative estimate of drug-likeness (QED) is 0.334. The van der Waals surface area contributed by atoms with Gasteiger partial charge in [0.25, 0.3) is 0 Å². The summed E-state index contributed by atoms with van der Waals surface area (Å²) in [6, 6.07) is -0.310. The van der Waals surface area contributed by atoms with Gasteiger partial charge in [0.05, 0.1) is 0 Å². The number of aliphatic hydroxyl groups excluding tert-OH is 1. The Kier molecular flexibility index (Phi) is 10.9. The van der Waals surface area contributed by atoms with Crippen molar-refractivity contribution < 1.29 is 10.2 Å². The van der Waals surface area contributed by atoms with Crippen molar-refractivity contribution in [3.05, 3.63) is 5.21 Å². The molecule has 1 unspecified atom stereocenters. The number of hydrogen-bond acceptors (Lipinski definition) is 4. The summed E-state index contributed by atoms with van der Waals surface area (Å²) in [5, 5.41) is 28.8. The Hall–Kier alpha value is -0.160. The summed E-state index contributed by atoms with van der Waals surface area (Å²) in [7, 11) is 0. The lowest BCUT2D eigenvalue weighted by molar-refractivity contribution is -0.147. The number of rotatable bonds is 11. The summed E-state index contributed by atoms with van der Waals surface area (Å²) in [5.41, 5.74) is 0. The Morgan fingerprint density at radius 1 is 0.941 bits per heavy atom. The largest absolute Gasteiger partial charge is 0.781 e. The van der Waals surface area contributed by atoms with Crippen LogP contribution in [0.25, 0.3) is 0 Å². The first-order valence-corrected chi connectivity index (χ1v) is 6.91. The van der Waals surface area contributed by atoms with Crippen LogP contribution < -0.4 is 0 Å². The predicted octanol–water partition coefficient (Wildman–Crippen LogP) is 2.97. The minimum Gasteiger partial charge on any atom is -0.781 e. The predicted molar refractivity (Wildman–Crippen MR) is 70.1 cm³/mol. The van der Waals surface area contributed by atoms with Crippen molar-refractivity contribution in [1.82, 2.24) is 5.06 Å². The minimum absolute atomic E-state index is 0.310. The molecule has 0 amide bonds. The molecule has 0 aromatic carbocycles. The molecule has 0 aliphatic carbocycles. The molecule has 0 radical (unpaired) electrons. The second-order valence-corrected chi connectivity index (χ2v) is 4.82. The average Bonchev–Trinajstić information content (AvgIpc) is 2.31. The van der Waals surface area contributed by atoms with E-state index in [9.17, 15) is 5.21 Å². The molecule has 0 aliphatic rings. The van der Waals surface area contributed by atoms with E-state index in [1.54, 1.807) is 6.92 Å². The second-order valence-electron chi connectivity index (χ2n) is 4.82.